The minimum Gasteiger partial charge on any atom is -0.381 e. The molecule has 0 spiro atoms. The lowest BCUT2D eigenvalue weighted by Gasteiger charge is -2.45. The fraction of sp³-hybridized carbons (Fsp3) is 0.696. The Hall–Kier alpha value is -0.900. The first-order valence-corrected chi connectivity index (χ1v) is 11.2. The molecule has 3 aliphatic rings. The van der Waals surface area contributed by atoms with E-state index in [0.29, 0.717) is 0 Å². The summed E-state index contributed by atoms with van der Waals surface area (Å²) in [5.41, 5.74) is 2.77. The number of likely N-dealkylation sites (tertiary alicyclic amines) is 1. The van der Waals surface area contributed by atoms with Gasteiger partial charge in [0.25, 0.3) is 0 Å². The molecule has 1 aromatic carbocycles. The van der Waals surface area contributed by atoms with Gasteiger partial charge in [-0.3, -0.25) is 9.89 Å². The van der Waals surface area contributed by atoms with Crippen LogP contribution in [-0.2, 0) is 9.47 Å². The molecule has 1 atom stereocenters. The summed E-state index contributed by atoms with van der Waals surface area (Å²) < 4.78 is 11.8. The van der Waals surface area contributed by atoms with Gasteiger partial charge < -0.3 is 19.7 Å². The number of hydrogen-bond donors (Lipinski definition) is 1. The third-order valence-corrected chi connectivity index (χ3v) is 6.89. The molecule has 1 unspecified atom stereocenters. The first-order chi connectivity index (χ1) is 14.2. The van der Waals surface area contributed by atoms with Gasteiger partial charge in [-0.05, 0) is 56.8 Å². The van der Waals surface area contributed by atoms with Crippen molar-refractivity contribution < 1.29 is 9.47 Å². The van der Waals surface area contributed by atoms with Gasteiger partial charge in [0.05, 0.1) is 13.2 Å². The summed E-state index contributed by atoms with van der Waals surface area (Å²) in [4.78, 5) is 9.69. The van der Waals surface area contributed by atoms with Crippen LogP contribution in [0.25, 0.3) is 0 Å². The average molecular weight is 528 g/mol. The van der Waals surface area contributed by atoms with Crippen molar-refractivity contribution in [2.75, 3.05) is 59.6 Å². The zero-order valence-electron chi connectivity index (χ0n) is 18.4. The van der Waals surface area contributed by atoms with Gasteiger partial charge in [0, 0.05) is 38.9 Å². The average Bonchev–Trinajstić information content (AvgIpc) is 3.31. The van der Waals surface area contributed by atoms with Crippen LogP contribution in [0.15, 0.2) is 29.3 Å². The second-order valence-electron chi connectivity index (χ2n) is 8.59. The van der Waals surface area contributed by atoms with E-state index >= 15 is 0 Å². The molecule has 4 rings (SSSR count). The lowest BCUT2D eigenvalue weighted by molar-refractivity contribution is -0.0193. The van der Waals surface area contributed by atoms with Crippen LogP contribution in [0.4, 0.5) is 0 Å². The van der Waals surface area contributed by atoms with Crippen LogP contribution in [0.1, 0.15) is 42.9 Å². The number of aliphatic imine (C=N–C) groups is 1. The zero-order chi connectivity index (χ0) is 20.1. The summed E-state index contributed by atoms with van der Waals surface area (Å²) in [6.45, 7) is 9.70. The Morgan fingerprint density at radius 2 is 1.87 bits per heavy atom. The summed E-state index contributed by atoms with van der Waals surface area (Å²) in [5, 5.41) is 3.74. The first kappa shape index (κ1) is 23.8. The molecule has 6 nitrogen and oxygen atoms in total. The minimum absolute atomic E-state index is 0. The van der Waals surface area contributed by atoms with Crippen molar-refractivity contribution in [2.24, 2.45) is 4.99 Å². The molecule has 3 saturated heterocycles. The fourth-order valence-electron chi connectivity index (χ4n) is 5.10. The van der Waals surface area contributed by atoms with E-state index < -0.39 is 0 Å². The van der Waals surface area contributed by atoms with E-state index in [2.05, 4.69) is 51.3 Å². The maximum atomic E-state index is 6.12. The Morgan fingerprint density at radius 3 is 2.57 bits per heavy atom. The largest absolute Gasteiger partial charge is 0.381 e. The standard InChI is InChI=1S/C23H36N4O2.HI/c1-19-7-3-4-8-20(19)21-17-26(13-16-29-21)22(24-2)25-18-23(9-14-28-15-10-23)27-11-5-6-12-27;/h3-4,7-8,21H,5-6,9-18H2,1-2H3,(H,24,25);1H. The smallest absolute Gasteiger partial charge is 0.193 e. The first-order valence-electron chi connectivity index (χ1n) is 11.2. The summed E-state index contributed by atoms with van der Waals surface area (Å²) in [7, 11) is 1.90. The number of guanidine groups is 1. The van der Waals surface area contributed by atoms with Crippen LogP contribution in [0.5, 0.6) is 0 Å². The van der Waals surface area contributed by atoms with Crippen LogP contribution < -0.4 is 5.32 Å². The quantitative estimate of drug-likeness (QED) is 0.370. The monoisotopic (exact) mass is 528 g/mol. The summed E-state index contributed by atoms with van der Waals surface area (Å²) in [6, 6.07) is 8.54. The molecule has 3 aliphatic heterocycles. The van der Waals surface area contributed by atoms with E-state index in [0.717, 1.165) is 58.3 Å². The molecular weight excluding hydrogens is 491 g/mol. The van der Waals surface area contributed by atoms with Crippen molar-refractivity contribution in [2.45, 2.75) is 44.2 Å². The van der Waals surface area contributed by atoms with Crippen molar-refractivity contribution in [3.63, 3.8) is 0 Å². The van der Waals surface area contributed by atoms with Crippen molar-refractivity contribution in [1.82, 2.24) is 15.1 Å². The highest BCUT2D eigenvalue weighted by molar-refractivity contribution is 14.0. The molecule has 0 aromatic heterocycles. The van der Waals surface area contributed by atoms with Gasteiger partial charge >= 0.3 is 0 Å². The number of morpholine rings is 1. The molecule has 0 saturated carbocycles. The number of benzene rings is 1. The lowest BCUT2D eigenvalue weighted by Crippen LogP contribution is -2.59. The third kappa shape index (κ3) is 5.29. The van der Waals surface area contributed by atoms with E-state index in [-0.39, 0.29) is 35.6 Å². The summed E-state index contributed by atoms with van der Waals surface area (Å²) in [5.74, 6) is 0.997. The van der Waals surface area contributed by atoms with Gasteiger partial charge in [-0.25, -0.2) is 0 Å². The Balaban J connectivity index is 0.00000256. The predicted octanol–water partition coefficient (Wildman–Crippen LogP) is 3.21. The molecule has 0 aliphatic carbocycles. The lowest BCUT2D eigenvalue weighted by atomic mass is 9.88. The molecular formula is C23H37IN4O2. The van der Waals surface area contributed by atoms with Crippen molar-refractivity contribution in [3.05, 3.63) is 35.4 Å². The predicted molar refractivity (Wildman–Crippen MR) is 132 cm³/mol. The second-order valence-corrected chi connectivity index (χ2v) is 8.59. The van der Waals surface area contributed by atoms with Crippen LogP contribution in [0.3, 0.4) is 0 Å². The molecule has 3 fully saturated rings. The van der Waals surface area contributed by atoms with E-state index in [1.807, 2.05) is 7.05 Å². The van der Waals surface area contributed by atoms with Crippen molar-refractivity contribution in [1.29, 1.82) is 0 Å². The number of aryl methyl sites for hydroxylation is 1. The molecule has 168 valence electrons. The highest BCUT2D eigenvalue weighted by atomic mass is 127. The molecule has 1 aromatic rings. The number of ether oxygens (including phenoxy) is 2. The van der Waals surface area contributed by atoms with Crippen molar-refractivity contribution in [3.8, 4) is 0 Å². The Bertz CT molecular complexity index is 702. The zero-order valence-corrected chi connectivity index (χ0v) is 20.8. The second kappa shape index (κ2) is 11.1. The van der Waals surface area contributed by atoms with Gasteiger partial charge in [0.2, 0.25) is 0 Å². The molecule has 0 amide bonds. The molecule has 0 bridgehead atoms. The van der Waals surface area contributed by atoms with Gasteiger partial charge in [-0.1, -0.05) is 24.3 Å². The third-order valence-electron chi connectivity index (χ3n) is 6.89. The van der Waals surface area contributed by atoms with Crippen LogP contribution >= 0.6 is 24.0 Å². The minimum atomic E-state index is 0. The van der Waals surface area contributed by atoms with Crippen molar-refractivity contribution >= 4 is 29.9 Å². The van der Waals surface area contributed by atoms with Crippen LogP contribution in [0, 0.1) is 6.92 Å². The van der Waals surface area contributed by atoms with E-state index in [9.17, 15) is 0 Å². The van der Waals surface area contributed by atoms with Gasteiger partial charge in [0.15, 0.2) is 5.96 Å². The Kier molecular flexibility index (Phi) is 8.80. The molecule has 3 heterocycles. The molecule has 7 heteroatoms. The fourth-order valence-corrected chi connectivity index (χ4v) is 5.10. The molecule has 0 radical (unpaired) electrons. The van der Waals surface area contributed by atoms with E-state index in [4.69, 9.17) is 9.47 Å². The number of nitrogens with one attached hydrogen (secondary N) is 1. The number of halogens is 1. The Morgan fingerprint density at radius 1 is 1.13 bits per heavy atom. The summed E-state index contributed by atoms with van der Waals surface area (Å²) >= 11 is 0. The molecule has 30 heavy (non-hydrogen) atoms. The van der Waals surface area contributed by atoms with Gasteiger partial charge in [-0.15, -0.1) is 24.0 Å². The number of rotatable bonds is 4. The van der Waals surface area contributed by atoms with E-state index in [1.54, 1.807) is 0 Å². The van der Waals surface area contributed by atoms with E-state index in [1.165, 1.54) is 37.1 Å². The van der Waals surface area contributed by atoms with Crippen LogP contribution in [-0.4, -0.2) is 80.9 Å². The Labute approximate surface area is 198 Å². The maximum absolute atomic E-state index is 6.12. The highest BCUT2D eigenvalue weighted by Crippen LogP contribution is 2.31. The summed E-state index contributed by atoms with van der Waals surface area (Å²) in [6.07, 6.45) is 4.94. The maximum Gasteiger partial charge on any atom is 0.193 e. The van der Waals surface area contributed by atoms with Gasteiger partial charge in [-0.2, -0.15) is 0 Å². The van der Waals surface area contributed by atoms with Gasteiger partial charge in [0.1, 0.15) is 6.10 Å². The van der Waals surface area contributed by atoms with Crippen LogP contribution in [0.2, 0.25) is 0 Å². The number of hydrogen-bond acceptors (Lipinski definition) is 4. The normalized spacial score (nSPS) is 25.1. The topological polar surface area (TPSA) is 49.3 Å². The SMILES string of the molecule is CN=C(NCC1(N2CCCC2)CCOCC1)N1CCOC(c2ccccc2C)C1.I. The highest BCUT2D eigenvalue weighted by Gasteiger charge is 2.40. The molecule has 1 N–H and O–H groups in total. The number of nitrogens with zero attached hydrogens (tertiary/aromatic N) is 3.